The highest BCUT2D eigenvalue weighted by molar-refractivity contribution is 5.53. The average Bonchev–Trinajstić information content (AvgIpc) is 2.53. The van der Waals surface area contributed by atoms with E-state index in [9.17, 15) is 10.1 Å². The molecule has 3 rings (SSSR count). The van der Waals surface area contributed by atoms with Crippen molar-refractivity contribution in [1.82, 2.24) is 4.90 Å². The first-order chi connectivity index (χ1) is 10.6. The first-order valence-corrected chi connectivity index (χ1v) is 7.50. The van der Waals surface area contributed by atoms with Crippen LogP contribution in [0.3, 0.4) is 0 Å². The molecule has 2 aliphatic rings. The van der Waals surface area contributed by atoms with Gasteiger partial charge in [0.05, 0.1) is 36.9 Å². The molecule has 2 fully saturated rings. The fourth-order valence-corrected chi connectivity index (χ4v) is 3.13. The standard InChI is InChI=1S/C15H21N3O4/c1-12-8-13(2-3-14(12)18(19)20)16-9-15-10-21-6-4-17(15)5-7-22-11-15/h2-3,8,16H,4-7,9-11H2,1H3. The molecule has 0 bridgehead atoms. The van der Waals surface area contributed by atoms with Gasteiger partial charge in [-0.15, -0.1) is 0 Å². The molecule has 120 valence electrons. The van der Waals surface area contributed by atoms with Gasteiger partial charge in [0.1, 0.15) is 0 Å². The zero-order valence-corrected chi connectivity index (χ0v) is 12.7. The third-order valence-electron chi connectivity index (χ3n) is 4.44. The molecule has 7 nitrogen and oxygen atoms in total. The van der Waals surface area contributed by atoms with Gasteiger partial charge in [-0.25, -0.2) is 0 Å². The summed E-state index contributed by atoms with van der Waals surface area (Å²) in [5.41, 5.74) is 1.54. The number of morpholine rings is 2. The van der Waals surface area contributed by atoms with Crippen LogP contribution in [0.25, 0.3) is 0 Å². The molecule has 1 N–H and O–H groups in total. The van der Waals surface area contributed by atoms with E-state index < -0.39 is 0 Å². The maximum Gasteiger partial charge on any atom is 0.272 e. The number of benzene rings is 1. The number of aryl methyl sites for hydroxylation is 1. The van der Waals surface area contributed by atoms with Gasteiger partial charge >= 0.3 is 0 Å². The summed E-state index contributed by atoms with van der Waals surface area (Å²) in [4.78, 5) is 12.9. The van der Waals surface area contributed by atoms with Crippen LogP contribution in [0.2, 0.25) is 0 Å². The van der Waals surface area contributed by atoms with Crippen molar-refractivity contribution < 1.29 is 14.4 Å². The van der Waals surface area contributed by atoms with Gasteiger partial charge in [0.15, 0.2) is 0 Å². The van der Waals surface area contributed by atoms with E-state index in [0.29, 0.717) is 25.3 Å². The highest BCUT2D eigenvalue weighted by Crippen LogP contribution is 2.26. The molecule has 1 aromatic rings. The number of rotatable bonds is 4. The molecule has 0 unspecified atom stereocenters. The Balaban J connectivity index is 1.70. The summed E-state index contributed by atoms with van der Waals surface area (Å²) in [6.45, 7) is 7.11. The molecule has 0 radical (unpaired) electrons. The maximum atomic E-state index is 10.9. The van der Waals surface area contributed by atoms with Crippen molar-refractivity contribution in [3.05, 3.63) is 33.9 Å². The van der Waals surface area contributed by atoms with E-state index in [4.69, 9.17) is 9.47 Å². The topological polar surface area (TPSA) is 76.9 Å². The Morgan fingerprint density at radius 1 is 1.32 bits per heavy atom. The monoisotopic (exact) mass is 307 g/mol. The van der Waals surface area contributed by atoms with Crippen molar-refractivity contribution in [3.8, 4) is 0 Å². The van der Waals surface area contributed by atoms with Crippen LogP contribution in [0, 0.1) is 17.0 Å². The van der Waals surface area contributed by atoms with Crippen molar-refractivity contribution in [2.75, 3.05) is 51.4 Å². The number of hydrogen-bond donors (Lipinski definition) is 1. The van der Waals surface area contributed by atoms with Crippen molar-refractivity contribution >= 4 is 11.4 Å². The van der Waals surface area contributed by atoms with E-state index in [-0.39, 0.29) is 16.1 Å². The van der Waals surface area contributed by atoms with E-state index in [2.05, 4.69) is 10.2 Å². The van der Waals surface area contributed by atoms with Gasteiger partial charge < -0.3 is 14.8 Å². The number of fused-ring (bicyclic) bond motifs is 1. The van der Waals surface area contributed by atoms with Gasteiger partial charge in [0.2, 0.25) is 0 Å². The largest absolute Gasteiger partial charge is 0.383 e. The number of nitro benzene ring substituents is 1. The summed E-state index contributed by atoms with van der Waals surface area (Å²) in [5, 5.41) is 14.3. The van der Waals surface area contributed by atoms with Crippen molar-refractivity contribution in [2.45, 2.75) is 12.5 Å². The van der Waals surface area contributed by atoms with E-state index >= 15 is 0 Å². The molecule has 2 saturated heterocycles. The van der Waals surface area contributed by atoms with E-state index in [0.717, 1.165) is 32.0 Å². The minimum atomic E-state index is -0.358. The normalized spacial score (nSPS) is 21.1. The molecule has 1 aromatic carbocycles. The molecule has 0 spiro atoms. The third kappa shape index (κ3) is 2.92. The van der Waals surface area contributed by atoms with Gasteiger partial charge in [-0.1, -0.05) is 0 Å². The molecule has 2 aliphatic heterocycles. The average molecular weight is 307 g/mol. The molecule has 0 atom stereocenters. The van der Waals surface area contributed by atoms with Crippen LogP contribution in [-0.2, 0) is 9.47 Å². The van der Waals surface area contributed by atoms with Crippen molar-refractivity contribution in [2.24, 2.45) is 0 Å². The lowest BCUT2D eigenvalue weighted by atomic mass is 9.96. The number of nitrogens with zero attached hydrogens (tertiary/aromatic N) is 2. The lowest BCUT2D eigenvalue weighted by Crippen LogP contribution is -2.66. The summed E-state index contributed by atoms with van der Waals surface area (Å²) in [6.07, 6.45) is 0. The summed E-state index contributed by atoms with van der Waals surface area (Å²) < 4.78 is 11.3. The molecule has 7 heteroatoms. The first kappa shape index (κ1) is 15.2. The van der Waals surface area contributed by atoms with Crippen LogP contribution >= 0.6 is 0 Å². The fraction of sp³-hybridized carbons (Fsp3) is 0.600. The zero-order chi connectivity index (χ0) is 15.6. The molecule has 0 amide bonds. The van der Waals surface area contributed by atoms with Crippen LogP contribution < -0.4 is 5.32 Å². The Kier molecular flexibility index (Phi) is 4.28. The summed E-state index contributed by atoms with van der Waals surface area (Å²) in [5.74, 6) is 0. The number of nitro groups is 1. The predicted molar refractivity (Wildman–Crippen MR) is 82.3 cm³/mol. The molecule has 0 saturated carbocycles. The van der Waals surface area contributed by atoms with Gasteiger partial charge in [0.25, 0.3) is 5.69 Å². The molecule has 0 aliphatic carbocycles. The highest BCUT2D eigenvalue weighted by atomic mass is 16.6. The van der Waals surface area contributed by atoms with Crippen LogP contribution in [0.15, 0.2) is 18.2 Å². The van der Waals surface area contributed by atoms with Crippen molar-refractivity contribution in [3.63, 3.8) is 0 Å². The Hall–Kier alpha value is -1.70. The number of ether oxygens (including phenoxy) is 2. The highest BCUT2D eigenvalue weighted by Gasteiger charge is 2.42. The van der Waals surface area contributed by atoms with Gasteiger partial charge in [0, 0.05) is 37.0 Å². The second kappa shape index (κ2) is 6.20. The zero-order valence-electron chi connectivity index (χ0n) is 12.7. The smallest absolute Gasteiger partial charge is 0.272 e. The summed E-state index contributed by atoms with van der Waals surface area (Å²) in [7, 11) is 0. The minimum absolute atomic E-state index is 0.146. The van der Waals surface area contributed by atoms with Gasteiger partial charge in [-0.2, -0.15) is 0 Å². The Bertz CT molecular complexity index is 552. The third-order valence-corrected chi connectivity index (χ3v) is 4.44. The Labute approximate surface area is 129 Å². The predicted octanol–water partition coefficient (Wildman–Crippen LogP) is 1.42. The fourth-order valence-electron chi connectivity index (χ4n) is 3.13. The quantitative estimate of drug-likeness (QED) is 0.669. The molecule has 0 aromatic heterocycles. The summed E-state index contributed by atoms with van der Waals surface area (Å²) >= 11 is 0. The van der Waals surface area contributed by atoms with Gasteiger partial charge in [-0.05, 0) is 19.1 Å². The van der Waals surface area contributed by atoms with Crippen molar-refractivity contribution in [1.29, 1.82) is 0 Å². The van der Waals surface area contributed by atoms with Crippen LogP contribution in [-0.4, -0.2) is 61.4 Å². The lowest BCUT2D eigenvalue weighted by molar-refractivity contribution is -0.385. The van der Waals surface area contributed by atoms with E-state index in [1.807, 2.05) is 6.07 Å². The van der Waals surface area contributed by atoms with Crippen LogP contribution in [0.4, 0.5) is 11.4 Å². The van der Waals surface area contributed by atoms with Gasteiger partial charge in [-0.3, -0.25) is 15.0 Å². The van der Waals surface area contributed by atoms with Crippen LogP contribution in [0.1, 0.15) is 5.56 Å². The SMILES string of the molecule is Cc1cc(NCC23COCCN2CCOC3)ccc1[N+](=O)[O-]. The Morgan fingerprint density at radius 3 is 2.59 bits per heavy atom. The lowest BCUT2D eigenvalue weighted by Gasteiger charge is -2.49. The summed E-state index contributed by atoms with van der Waals surface area (Å²) in [6, 6.07) is 5.10. The van der Waals surface area contributed by atoms with E-state index in [1.54, 1.807) is 19.1 Å². The van der Waals surface area contributed by atoms with E-state index in [1.165, 1.54) is 0 Å². The molecular formula is C15H21N3O4. The first-order valence-electron chi connectivity index (χ1n) is 7.50. The molecule has 22 heavy (non-hydrogen) atoms. The second-order valence-corrected chi connectivity index (χ2v) is 5.93. The number of hydrogen-bond acceptors (Lipinski definition) is 6. The second-order valence-electron chi connectivity index (χ2n) is 5.93. The minimum Gasteiger partial charge on any atom is -0.383 e. The number of nitrogens with one attached hydrogen (secondary N) is 1. The Morgan fingerprint density at radius 2 is 2.00 bits per heavy atom. The molecule has 2 heterocycles. The molecular weight excluding hydrogens is 286 g/mol. The van der Waals surface area contributed by atoms with Crippen LogP contribution in [0.5, 0.6) is 0 Å². The maximum absolute atomic E-state index is 10.9. The number of anilines is 1.